The third-order valence-corrected chi connectivity index (χ3v) is 5.23. The van der Waals surface area contributed by atoms with Crippen molar-refractivity contribution >= 4 is 17.8 Å². The van der Waals surface area contributed by atoms with Crippen LogP contribution in [0.1, 0.15) is 49.8 Å². The van der Waals surface area contributed by atoms with Crippen molar-refractivity contribution in [1.29, 1.82) is 0 Å². The summed E-state index contributed by atoms with van der Waals surface area (Å²) in [5.74, 6) is 0.717. The smallest absolute Gasteiger partial charge is 0.407 e. The molecular weight excluding hydrogens is 424 g/mol. The minimum Gasteiger partial charge on any atom is -0.481 e. The number of anilines is 1. The number of carbonyl (C=O) groups excluding carboxylic acids is 2. The van der Waals surface area contributed by atoms with Crippen LogP contribution in [-0.2, 0) is 16.0 Å². The third kappa shape index (κ3) is 6.89. The Hall–Kier alpha value is -3.24. The highest BCUT2D eigenvalue weighted by Crippen LogP contribution is 2.35. The first kappa shape index (κ1) is 23.4. The summed E-state index contributed by atoms with van der Waals surface area (Å²) < 4.78 is 35.1. The number of alkyl halides is 2. The van der Waals surface area contributed by atoms with Crippen molar-refractivity contribution in [3.63, 3.8) is 0 Å². The maximum atomic E-state index is 12.4. The molecule has 2 amide bonds. The number of amides is 2. The Morgan fingerprint density at radius 2 is 2.12 bits per heavy atom. The number of alkyl carbamates (subject to hydrolysis) is 1. The number of aromatic nitrogens is 3. The molecule has 11 heteroatoms. The Labute approximate surface area is 184 Å². The molecule has 0 bridgehead atoms. The molecule has 2 heterocycles. The summed E-state index contributed by atoms with van der Waals surface area (Å²) in [5, 5.41) is 12.3. The van der Waals surface area contributed by atoms with Crippen molar-refractivity contribution in [2.45, 2.75) is 63.5 Å². The number of hydrogen-bond donors (Lipinski definition) is 3. The van der Waals surface area contributed by atoms with E-state index in [0.717, 1.165) is 17.7 Å². The largest absolute Gasteiger partial charge is 0.481 e. The minimum atomic E-state index is -2.48. The van der Waals surface area contributed by atoms with Crippen LogP contribution in [0.3, 0.4) is 0 Å². The lowest BCUT2D eigenvalue weighted by atomic mass is 10.0. The molecule has 2 unspecified atom stereocenters. The fourth-order valence-electron chi connectivity index (χ4n) is 3.70. The summed E-state index contributed by atoms with van der Waals surface area (Å²) in [7, 11) is 1.51. The summed E-state index contributed by atoms with van der Waals surface area (Å²) in [6.45, 7) is 1.51. The van der Waals surface area contributed by atoms with Crippen molar-refractivity contribution in [1.82, 2.24) is 20.5 Å². The van der Waals surface area contributed by atoms with Crippen LogP contribution in [0.15, 0.2) is 24.4 Å². The molecule has 3 rings (SSSR count). The van der Waals surface area contributed by atoms with Gasteiger partial charge in [-0.25, -0.2) is 18.6 Å². The predicted octanol–water partition coefficient (Wildman–Crippen LogP) is 3.40. The number of rotatable bonds is 9. The van der Waals surface area contributed by atoms with E-state index in [4.69, 9.17) is 9.47 Å². The summed E-state index contributed by atoms with van der Waals surface area (Å²) in [4.78, 5) is 28.2. The zero-order chi connectivity index (χ0) is 23.1. The monoisotopic (exact) mass is 451 g/mol. The molecule has 0 aromatic carbocycles. The highest BCUT2D eigenvalue weighted by molar-refractivity contribution is 5.91. The highest BCUT2D eigenvalue weighted by atomic mass is 19.3. The van der Waals surface area contributed by atoms with Gasteiger partial charge in [0.25, 0.3) is 0 Å². The van der Waals surface area contributed by atoms with Gasteiger partial charge in [-0.2, -0.15) is 5.10 Å². The van der Waals surface area contributed by atoms with Gasteiger partial charge in [0.15, 0.2) is 5.82 Å². The van der Waals surface area contributed by atoms with Crippen molar-refractivity contribution in [3.05, 3.63) is 35.7 Å². The Bertz CT molecular complexity index is 923. The number of pyridine rings is 1. The van der Waals surface area contributed by atoms with Gasteiger partial charge in [-0.1, -0.05) is 0 Å². The first-order valence-electron chi connectivity index (χ1n) is 10.4. The molecule has 2 aromatic rings. The van der Waals surface area contributed by atoms with Crippen molar-refractivity contribution in [3.8, 4) is 5.88 Å². The number of nitrogens with zero attached hydrogens (tertiary/aromatic N) is 2. The molecular formula is C21H27F2N5O4. The van der Waals surface area contributed by atoms with Gasteiger partial charge in [0.2, 0.25) is 18.2 Å². The number of methoxy groups -OCH3 is 1. The Morgan fingerprint density at radius 3 is 2.88 bits per heavy atom. The van der Waals surface area contributed by atoms with E-state index in [-0.39, 0.29) is 24.3 Å². The second kappa shape index (κ2) is 10.9. The van der Waals surface area contributed by atoms with Crippen LogP contribution in [0.25, 0.3) is 0 Å². The fraction of sp³-hybridized carbons (Fsp3) is 0.524. The second-order valence-electron chi connectivity index (χ2n) is 7.85. The molecule has 174 valence electrons. The molecule has 1 aliphatic carbocycles. The molecule has 1 fully saturated rings. The minimum absolute atomic E-state index is 0.0916. The van der Waals surface area contributed by atoms with Crippen LogP contribution in [0.5, 0.6) is 5.88 Å². The van der Waals surface area contributed by atoms with Crippen LogP contribution in [0, 0.1) is 0 Å². The quantitative estimate of drug-likeness (QED) is 0.538. The van der Waals surface area contributed by atoms with Crippen LogP contribution >= 0.6 is 0 Å². The standard InChI is InChI=1S/C21H27F2N5O4/c1-12(7-17(22)23)25-21(30)32-15-4-3-14(10-15)16-11-18(28-27-16)26-19(29)8-13-5-6-24-20(9-13)31-2/h5-6,9,11-12,14-15,17H,3-4,7-8,10H2,1-2H3,(H,25,30)(H2,26,27,28,29)/t12?,14-,15?/m0/s1. The summed E-state index contributed by atoms with van der Waals surface area (Å²) >= 11 is 0. The predicted molar refractivity (Wildman–Crippen MR) is 112 cm³/mol. The van der Waals surface area contributed by atoms with E-state index in [1.54, 1.807) is 24.4 Å². The van der Waals surface area contributed by atoms with Gasteiger partial charge in [-0.05, 0) is 37.8 Å². The Balaban J connectivity index is 1.46. The van der Waals surface area contributed by atoms with E-state index in [0.29, 0.717) is 24.5 Å². The van der Waals surface area contributed by atoms with Crippen LogP contribution in [0.2, 0.25) is 0 Å². The molecule has 0 radical (unpaired) electrons. The molecule has 1 saturated carbocycles. The molecule has 0 spiro atoms. The van der Waals surface area contributed by atoms with Gasteiger partial charge >= 0.3 is 6.09 Å². The maximum absolute atomic E-state index is 12.4. The maximum Gasteiger partial charge on any atom is 0.407 e. The van der Waals surface area contributed by atoms with Crippen LogP contribution in [0.4, 0.5) is 19.4 Å². The van der Waals surface area contributed by atoms with Crippen molar-refractivity contribution in [2.24, 2.45) is 0 Å². The number of nitrogens with one attached hydrogen (secondary N) is 3. The lowest BCUT2D eigenvalue weighted by Gasteiger charge is -2.16. The molecule has 9 nitrogen and oxygen atoms in total. The normalized spacial score (nSPS) is 18.9. The van der Waals surface area contributed by atoms with Gasteiger partial charge < -0.3 is 20.1 Å². The topological polar surface area (TPSA) is 118 Å². The summed E-state index contributed by atoms with van der Waals surface area (Å²) in [6, 6.07) is 4.54. The molecule has 32 heavy (non-hydrogen) atoms. The van der Waals surface area contributed by atoms with E-state index in [9.17, 15) is 18.4 Å². The number of halogens is 2. The fourth-order valence-corrected chi connectivity index (χ4v) is 3.70. The zero-order valence-corrected chi connectivity index (χ0v) is 17.9. The molecule has 3 atom stereocenters. The number of ether oxygens (including phenoxy) is 2. The summed E-state index contributed by atoms with van der Waals surface area (Å²) in [5.41, 5.74) is 1.60. The van der Waals surface area contributed by atoms with Gasteiger partial charge in [0, 0.05) is 42.4 Å². The second-order valence-corrected chi connectivity index (χ2v) is 7.85. The van der Waals surface area contributed by atoms with Crippen molar-refractivity contribution in [2.75, 3.05) is 12.4 Å². The van der Waals surface area contributed by atoms with E-state index in [2.05, 4.69) is 25.8 Å². The van der Waals surface area contributed by atoms with E-state index in [1.807, 2.05) is 0 Å². The molecule has 0 aliphatic heterocycles. The molecule has 1 aliphatic rings. The molecule has 0 saturated heterocycles. The van der Waals surface area contributed by atoms with E-state index >= 15 is 0 Å². The van der Waals surface area contributed by atoms with Gasteiger partial charge in [-0.15, -0.1) is 0 Å². The van der Waals surface area contributed by atoms with E-state index in [1.165, 1.54) is 14.0 Å². The first-order valence-corrected chi connectivity index (χ1v) is 10.4. The van der Waals surface area contributed by atoms with Gasteiger partial charge in [0.1, 0.15) is 6.10 Å². The zero-order valence-electron chi connectivity index (χ0n) is 17.9. The SMILES string of the molecule is COc1cc(CC(=O)Nc2cc([C@H]3CCC(OC(=O)NC(C)CC(F)F)C3)[nH]n2)ccn1. The highest BCUT2D eigenvalue weighted by Gasteiger charge is 2.30. The lowest BCUT2D eigenvalue weighted by molar-refractivity contribution is -0.115. The van der Waals surface area contributed by atoms with Gasteiger partial charge in [-0.3, -0.25) is 9.89 Å². The number of aromatic amines is 1. The first-order chi connectivity index (χ1) is 15.3. The summed E-state index contributed by atoms with van der Waals surface area (Å²) in [6.07, 6.45) is -0.142. The number of H-pyrrole nitrogens is 1. The molecule has 2 aromatic heterocycles. The third-order valence-electron chi connectivity index (χ3n) is 5.23. The van der Waals surface area contributed by atoms with Crippen molar-refractivity contribution < 1.29 is 27.8 Å². The average Bonchev–Trinajstić information content (AvgIpc) is 3.36. The Kier molecular flexibility index (Phi) is 7.96. The van der Waals surface area contributed by atoms with Gasteiger partial charge in [0.05, 0.1) is 13.5 Å². The number of hydrogen-bond acceptors (Lipinski definition) is 6. The number of carbonyl (C=O) groups is 2. The van der Waals surface area contributed by atoms with E-state index < -0.39 is 25.0 Å². The molecule has 3 N–H and O–H groups in total. The van der Waals surface area contributed by atoms with Crippen LogP contribution in [-0.4, -0.2) is 52.9 Å². The Morgan fingerprint density at radius 1 is 1.31 bits per heavy atom. The van der Waals surface area contributed by atoms with Crippen LogP contribution < -0.4 is 15.4 Å². The lowest BCUT2D eigenvalue weighted by Crippen LogP contribution is -2.36. The average molecular weight is 451 g/mol.